The van der Waals surface area contributed by atoms with E-state index in [9.17, 15) is 9.59 Å². The van der Waals surface area contributed by atoms with Crippen LogP contribution in [0.3, 0.4) is 0 Å². The number of pyridine rings is 3. The number of hydrogen-bond acceptors (Lipinski definition) is 8. The third-order valence-electron chi connectivity index (χ3n) is 6.54. The quantitative estimate of drug-likeness (QED) is 0.561. The first-order chi connectivity index (χ1) is 16.5. The third kappa shape index (κ3) is 4.44. The van der Waals surface area contributed by atoms with Gasteiger partial charge < -0.3 is 19.5 Å². The largest absolute Gasteiger partial charge is 0.378 e. The molecule has 0 aromatic carbocycles. The Bertz CT molecular complexity index is 1240. The summed E-state index contributed by atoms with van der Waals surface area (Å²) in [6.07, 6.45) is 5.92. The van der Waals surface area contributed by atoms with Gasteiger partial charge in [0.15, 0.2) is 0 Å². The van der Waals surface area contributed by atoms with E-state index in [0.29, 0.717) is 34.8 Å². The lowest BCUT2D eigenvalue weighted by Gasteiger charge is -2.46. The number of carbonyl (C=O) groups is 1. The maximum Gasteiger partial charge on any atom is 0.274 e. The third-order valence-corrected chi connectivity index (χ3v) is 6.54. The van der Waals surface area contributed by atoms with Crippen molar-refractivity contribution in [1.29, 1.82) is 0 Å². The number of rotatable bonds is 6. The van der Waals surface area contributed by atoms with Gasteiger partial charge in [-0.3, -0.25) is 19.5 Å². The van der Waals surface area contributed by atoms with Gasteiger partial charge in [0.2, 0.25) is 0 Å². The van der Waals surface area contributed by atoms with E-state index in [4.69, 9.17) is 4.74 Å². The average molecular weight is 461 g/mol. The molecule has 0 saturated carbocycles. The second-order valence-corrected chi connectivity index (χ2v) is 8.91. The topological polar surface area (TPSA) is 92.6 Å². The van der Waals surface area contributed by atoms with E-state index in [2.05, 4.69) is 32.0 Å². The Kier molecular flexibility index (Phi) is 6.12. The number of aromatic nitrogens is 3. The van der Waals surface area contributed by atoms with Gasteiger partial charge in [0.05, 0.1) is 36.8 Å². The van der Waals surface area contributed by atoms with Crippen LogP contribution in [0.5, 0.6) is 0 Å². The van der Waals surface area contributed by atoms with Crippen LogP contribution in [0.1, 0.15) is 17.3 Å². The summed E-state index contributed by atoms with van der Waals surface area (Å²) in [5.74, 6) is 0.588. The van der Waals surface area contributed by atoms with Crippen molar-refractivity contribution >= 4 is 23.5 Å². The van der Waals surface area contributed by atoms with Gasteiger partial charge in [-0.1, -0.05) is 0 Å². The number of aryl methyl sites for hydroxylation is 1. The maximum absolute atomic E-state index is 12.7. The summed E-state index contributed by atoms with van der Waals surface area (Å²) in [7, 11) is 1.69. The standard InChI is InChI=1S/C25H28N6O3/c1-17-12-30(21-15-34-16-21)7-8-31(17)20-3-4-24(27-11-20)28-23-10-19(13-29(2)25(23)33)22-9-18(14-32)5-6-26-22/h3-6,9-11,13-14,17,21H,7-8,12,15-16H2,1-2H3,(H,27,28)/t17-/m0/s1. The average Bonchev–Trinajstić information content (AvgIpc) is 2.81. The lowest BCUT2D eigenvalue weighted by molar-refractivity contribution is -0.0691. The van der Waals surface area contributed by atoms with E-state index in [-0.39, 0.29) is 5.56 Å². The molecule has 0 spiro atoms. The van der Waals surface area contributed by atoms with Crippen LogP contribution in [0.4, 0.5) is 17.2 Å². The molecule has 0 bridgehead atoms. The van der Waals surface area contributed by atoms with Crippen LogP contribution in [-0.4, -0.2) is 70.7 Å². The van der Waals surface area contributed by atoms with Crippen LogP contribution >= 0.6 is 0 Å². The van der Waals surface area contributed by atoms with Gasteiger partial charge in [0, 0.05) is 56.2 Å². The number of piperazine rings is 1. The lowest BCUT2D eigenvalue weighted by Crippen LogP contribution is -2.59. The summed E-state index contributed by atoms with van der Waals surface area (Å²) in [6.45, 7) is 6.89. The van der Waals surface area contributed by atoms with Gasteiger partial charge in [-0.05, 0) is 37.3 Å². The zero-order valence-corrected chi connectivity index (χ0v) is 19.3. The minimum Gasteiger partial charge on any atom is -0.378 e. The second kappa shape index (κ2) is 9.36. The van der Waals surface area contributed by atoms with E-state index in [1.165, 1.54) is 4.57 Å². The van der Waals surface area contributed by atoms with Crippen LogP contribution in [-0.2, 0) is 11.8 Å². The van der Waals surface area contributed by atoms with Crippen LogP contribution in [0.25, 0.3) is 11.3 Å². The first-order valence-corrected chi connectivity index (χ1v) is 11.5. The molecule has 2 saturated heterocycles. The summed E-state index contributed by atoms with van der Waals surface area (Å²) in [5, 5.41) is 3.15. The molecule has 3 aromatic rings. The highest BCUT2D eigenvalue weighted by atomic mass is 16.5. The number of anilines is 3. The molecule has 34 heavy (non-hydrogen) atoms. The number of aldehydes is 1. The monoisotopic (exact) mass is 460 g/mol. The smallest absolute Gasteiger partial charge is 0.274 e. The second-order valence-electron chi connectivity index (χ2n) is 8.91. The molecular formula is C25H28N6O3. The highest BCUT2D eigenvalue weighted by molar-refractivity contribution is 5.78. The molecule has 5 heterocycles. The Morgan fingerprint density at radius 1 is 1.15 bits per heavy atom. The molecule has 5 rings (SSSR count). The lowest BCUT2D eigenvalue weighted by atomic mass is 10.1. The van der Waals surface area contributed by atoms with E-state index in [1.807, 2.05) is 18.3 Å². The summed E-state index contributed by atoms with van der Waals surface area (Å²) < 4.78 is 6.84. The molecule has 1 N–H and O–H groups in total. The Balaban J connectivity index is 1.32. The zero-order valence-electron chi connectivity index (χ0n) is 19.3. The van der Waals surface area contributed by atoms with Crippen LogP contribution in [0.15, 0.2) is 53.7 Å². The van der Waals surface area contributed by atoms with Gasteiger partial charge >= 0.3 is 0 Å². The van der Waals surface area contributed by atoms with Gasteiger partial charge in [0.25, 0.3) is 5.56 Å². The van der Waals surface area contributed by atoms with Crippen LogP contribution < -0.4 is 15.8 Å². The number of ether oxygens (including phenoxy) is 1. The van der Waals surface area contributed by atoms with Crippen molar-refractivity contribution in [3.63, 3.8) is 0 Å². The Morgan fingerprint density at radius 2 is 2.00 bits per heavy atom. The molecule has 1 atom stereocenters. The van der Waals surface area contributed by atoms with E-state index in [1.54, 1.807) is 37.6 Å². The van der Waals surface area contributed by atoms with E-state index < -0.39 is 0 Å². The first-order valence-electron chi connectivity index (χ1n) is 11.5. The fourth-order valence-electron chi connectivity index (χ4n) is 4.52. The zero-order chi connectivity index (χ0) is 23.7. The van der Waals surface area contributed by atoms with Crippen LogP contribution in [0, 0.1) is 0 Å². The highest BCUT2D eigenvalue weighted by Gasteiger charge is 2.32. The van der Waals surface area contributed by atoms with Crippen molar-refractivity contribution in [2.75, 3.05) is 43.1 Å². The SMILES string of the molecule is C[C@H]1CN(C2COC2)CCN1c1ccc(Nc2cc(-c3cc(C=O)ccn3)cn(C)c2=O)nc1. The molecule has 9 heteroatoms. The molecule has 0 aliphatic carbocycles. The van der Waals surface area contributed by atoms with Crippen molar-refractivity contribution in [2.45, 2.75) is 19.0 Å². The highest BCUT2D eigenvalue weighted by Crippen LogP contribution is 2.25. The molecule has 9 nitrogen and oxygen atoms in total. The molecular weight excluding hydrogens is 432 g/mol. The Labute approximate surface area is 198 Å². The summed E-state index contributed by atoms with van der Waals surface area (Å²) in [5.41, 5.74) is 3.16. The molecule has 0 radical (unpaired) electrons. The summed E-state index contributed by atoms with van der Waals surface area (Å²) >= 11 is 0. The van der Waals surface area contributed by atoms with Gasteiger partial charge in [0.1, 0.15) is 17.8 Å². The first kappa shape index (κ1) is 22.2. The minimum atomic E-state index is -0.175. The number of nitrogens with zero attached hydrogens (tertiary/aromatic N) is 5. The molecule has 0 amide bonds. The Hall–Kier alpha value is -3.56. The van der Waals surface area contributed by atoms with Crippen molar-refractivity contribution in [1.82, 2.24) is 19.4 Å². The summed E-state index contributed by atoms with van der Waals surface area (Å²) in [6, 6.07) is 9.95. The van der Waals surface area contributed by atoms with Gasteiger partial charge in [-0.15, -0.1) is 0 Å². The fourth-order valence-corrected chi connectivity index (χ4v) is 4.52. The van der Waals surface area contributed by atoms with Crippen molar-refractivity contribution in [3.8, 4) is 11.3 Å². The Morgan fingerprint density at radius 3 is 2.68 bits per heavy atom. The van der Waals surface area contributed by atoms with E-state index >= 15 is 0 Å². The predicted octanol–water partition coefficient (Wildman–Crippen LogP) is 2.31. The predicted molar refractivity (Wildman–Crippen MR) is 131 cm³/mol. The van der Waals surface area contributed by atoms with Crippen molar-refractivity contribution in [3.05, 3.63) is 64.8 Å². The van der Waals surface area contributed by atoms with Crippen LogP contribution in [0.2, 0.25) is 0 Å². The normalized spacial score (nSPS) is 19.0. The molecule has 2 fully saturated rings. The maximum atomic E-state index is 12.7. The molecule has 3 aromatic heterocycles. The summed E-state index contributed by atoms with van der Waals surface area (Å²) in [4.78, 5) is 37.6. The fraction of sp³-hybridized carbons (Fsp3) is 0.360. The minimum absolute atomic E-state index is 0.175. The molecule has 2 aliphatic rings. The van der Waals surface area contributed by atoms with Crippen molar-refractivity contribution < 1.29 is 9.53 Å². The molecule has 0 unspecified atom stereocenters. The number of hydrogen-bond donors (Lipinski definition) is 1. The number of nitrogens with one attached hydrogen (secondary N) is 1. The van der Waals surface area contributed by atoms with Gasteiger partial charge in [-0.25, -0.2) is 4.98 Å². The molecule has 2 aliphatic heterocycles. The molecule has 176 valence electrons. The van der Waals surface area contributed by atoms with Gasteiger partial charge in [-0.2, -0.15) is 0 Å². The number of carbonyl (C=O) groups excluding carboxylic acids is 1. The van der Waals surface area contributed by atoms with Crippen molar-refractivity contribution in [2.24, 2.45) is 7.05 Å². The van der Waals surface area contributed by atoms with E-state index in [0.717, 1.165) is 50.4 Å².